The van der Waals surface area contributed by atoms with Gasteiger partial charge in [-0.1, -0.05) is 34.1 Å². The van der Waals surface area contributed by atoms with Crippen LogP contribution in [0.4, 0.5) is 0 Å². The molecule has 0 fully saturated rings. The lowest BCUT2D eigenvalue weighted by atomic mass is 10.0. The van der Waals surface area contributed by atoms with Crippen LogP contribution < -0.4 is 11.1 Å². The summed E-state index contributed by atoms with van der Waals surface area (Å²) < 4.78 is 1.08. The van der Waals surface area contributed by atoms with E-state index in [4.69, 9.17) is 5.73 Å². The summed E-state index contributed by atoms with van der Waals surface area (Å²) >= 11 is 3.44. The molecule has 1 amide bonds. The molecule has 1 atom stereocenters. The van der Waals surface area contributed by atoms with E-state index >= 15 is 0 Å². The summed E-state index contributed by atoms with van der Waals surface area (Å²) in [4.78, 5) is 11.1. The first-order valence-corrected chi connectivity index (χ1v) is 7.65. The molecule has 0 radical (unpaired) electrons. The van der Waals surface area contributed by atoms with Crippen molar-refractivity contribution in [3.05, 3.63) is 69.2 Å². The number of carbonyl (C=O) groups excluding carboxylic acids is 1. The molecule has 0 bridgehead atoms. The Morgan fingerprint density at radius 3 is 2.48 bits per heavy atom. The first-order valence-electron chi connectivity index (χ1n) is 6.85. The van der Waals surface area contributed by atoms with Crippen molar-refractivity contribution < 1.29 is 4.79 Å². The molecule has 21 heavy (non-hydrogen) atoms. The lowest BCUT2D eigenvalue weighted by molar-refractivity contribution is 0.1000. The van der Waals surface area contributed by atoms with E-state index in [2.05, 4.69) is 40.3 Å². The molecule has 0 spiro atoms. The van der Waals surface area contributed by atoms with Gasteiger partial charge in [0.05, 0.1) is 0 Å². The molecule has 3 N–H and O–H groups in total. The maximum absolute atomic E-state index is 11.1. The van der Waals surface area contributed by atoms with Gasteiger partial charge in [0.1, 0.15) is 0 Å². The Balaban J connectivity index is 2.02. The molecule has 0 aromatic heterocycles. The fourth-order valence-corrected chi connectivity index (χ4v) is 2.44. The van der Waals surface area contributed by atoms with Crippen molar-refractivity contribution in [3.8, 4) is 0 Å². The summed E-state index contributed by atoms with van der Waals surface area (Å²) in [7, 11) is 0. The minimum absolute atomic E-state index is 0.258. The fraction of sp³-hybridized carbons (Fsp3) is 0.235. The number of carbonyl (C=O) groups is 1. The van der Waals surface area contributed by atoms with Crippen LogP contribution in [0.1, 0.15) is 40.0 Å². The molecule has 3 nitrogen and oxygen atoms in total. The molecule has 0 unspecified atom stereocenters. The SMILES string of the molecule is Cc1cc(C(N)=O)ccc1CN[C@H](C)c1ccc(Br)cc1. The first kappa shape index (κ1) is 15.7. The molecule has 4 heteroatoms. The average molecular weight is 347 g/mol. The molecule has 2 aromatic rings. The molecular formula is C17H19BrN2O. The molecule has 2 aromatic carbocycles. The Hall–Kier alpha value is -1.65. The summed E-state index contributed by atoms with van der Waals surface area (Å²) in [5.74, 6) is -0.388. The molecule has 0 saturated heterocycles. The summed E-state index contributed by atoms with van der Waals surface area (Å²) in [6.45, 7) is 4.88. The van der Waals surface area contributed by atoms with E-state index in [1.165, 1.54) is 11.1 Å². The van der Waals surface area contributed by atoms with Gasteiger partial charge in [-0.2, -0.15) is 0 Å². The van der Waals surface area contributed by atoms with Crippen molar-refractivity contribution in [2.24, 2.45) is 5.73 Å². The summed E-state index contributed by atoms with van der Waals surface area (Å²) in [5, 5.41) is 3.49. The van der Waals surface area contributed by atoms with Crippen LogP contribution in [0.25, 0.3) is 0 Å². The smallest absolute Gasteiger partial charge is 0.248 e. The quantitative estimate of drug-likeness (QED) is 0.866. The predicted octanol–water partition coefficient (Wildman–Crippen LogP) is 3.71. The van der Waals surface area contributed by atoms with Gasteiger partial charge in [0.25, 0.3) is 0 Å². The second kappa shape index (κ2) is 6.87. The number of nitrogens with one attached hydrogen (secondary N) is 1. The van der Waals surface area contributed by atoms with Gasteiger partial charge in [0.2, 0.25) is 5.91 Å². The van der Waals surface area contributed by atoms with E-state index in [-0.39, 0.29) is 11.9 Å². The van der Waals surface area contributed by atoms with Crippen LogP contribution in [0.3, 0.4) is 0 Å². The van der Waals surface area contributed by atoms with E-state index in [9.17, 15) is 4.79 Å². The van der Waals surface area contributed by atoms with E-state index in [1.807, 2.05) is 31.2 Å². The lowest BCUT2D eigenvalue weighted by Gasteiger charge is -2.16. The van der Waals surface area contributed by atoms with Gasteiger partial charge >= 0.3 is 0 Å². The monoisotopic (exact) mass is 346 g/mol. The number of benzene rings is 2. The Morgan fingerprint density at radius 1 is 1.24 bits per heavy atom. The Morgan fingerprint density at radius 2 is 1.90 bits per heavy atom. The summed E-state index contributed by atoms with van der Waals surface area (Å²) in [6, 6.07) is 14.1. The van der Waals surface area contributed by atoms with E-state index in [0.717, 1.165) is 16.6 Å². The van der Waals surface area contributed by atoms with Crippen molar-refractivity contribution in [2.75, 3.05) is 0 Å². The fourth-order valence-electron chi connectivity index (χ4n) is 2.18. The highest BCUT2D eigenvalue weighted by Crippen LogP contribution is 2.18. The largest absolute Gasteiger partial charge is 0.366 e. The van der Waals surface area contributed by atoms with Gasteiger partial charge in [-0.15, -0.1) is 0 Å². The van der Waals surface area contributed by atoms with Crippen LogP contribution in [0.2, 0.25) is 0 Å². The number of nitrogens with two attached hydrogens (primary N) is 1. The second-order valence-corrected chi connectivity index (χ2v) is 6.08. The van der Waals surface area contributed by atoms with Crippen LogP contribution in [0, 0.1) is 6.92 Å². The third-order valence-corrected chi connectivity index (χ3v) is 4.12. The average Bonchev–Trinajstić information content (AvgIpc) is 2.46. The summed E-state index contributed by atoms with van der Waals surface area (Å²) in [6.07, 6.45) is 0. The van der Waals surface area contributed by atoms with Crippen molar-refractivity contribution in [1.29, 1.82) is 0 Å². The van der Waals surface area contributed by atoms with Gasteiger partial charge in [-0.05, 0) is 54.8 Å². The highest BCUT2D eigenvalue weighted by molar-refractivity contribution is 9.10. The van der Waals surface area contributed by atoms with E-state index < -0.39 is 0 Å². The van der Waals surface area contributed by atoms with Crippen molar-refractivity contribution >= 4 is 21.8 Å². The molecule has 0 aliphatic rings. The molecule has 0 aliphatic heterocycles. The molecule has 2 rings (SSSR count). The Kier molecular flexibility index (Phi) is 5.15. The summed E-state index contributed by atoms with van der Waals surface area (Å²) in [5.41, 5.74) is 9.32. The van der Waals surface area contributed by atoms with Crippen molar-refractivity contribution in [3.63, 3.8) is 0 Å². The molecular weight excluding hydrogens is 328 g/mol. The number of hydrogen-bond acceptors (Lipinski definition) is 2. The zero-order chi connectivity index (χ0) is 15.4. The maximum atomic E-state index is 11.1. The predicted molar refractivity (Wildman–Crippen MR) is 89.1 cm³/mol. The van der Waals surface area contributed by atoms with Gasteiger partial charge in [0, 0.05) is 22.6 Å². The minimum atomic E-state index is -0.388. The Labute approximate surface area is 133 Å². The molecule has 0 aliphatic carbocycles. The number of rotatable bonds is 5. The number of halogens is 1. The number of primary amides is 1. The topological polar surface area (TPSA) is 55.1 Å². The maximum Gasteiger partial charge on any atom is 0.248 e. The second-order valence-electron chi connectivity index (χ2n) is 5.16. The third-order valence-electron chi connectivity index (χ3n) is 3.60. The van der Waals surface area contributed by atoms with E-state index in [0.29, 0.717) is 5.56 Å². The number of amides is 1. The molecule has 110 valence electrons. The number of hydrogen-bond donors (Lipinski definition) is 2. The van der Waals surface area contributed by atoms with Crippen LogP contribution in [-0.4, -0.2) is 5.91 Å². The van der Waals surface area contributed by atoms with Crippen LogP contribution >= 0.6 is 15.9 Å². The third kappa shape index (κ3) is 4.16. The van der Waals surface area contributed by atoms with E-state index in [1.54, 1.807) is 6.07 Å². The van der Waals surface area contributed by atoms with Crippen LogP contribution in [0.15, 0.2) is 46.9 Å². The molecule has 0 heterocycles. The first-order chi connectivity index (χ1) is 9.97. The van der Waals surface area contributed by atoms with Gasteiger partial charge < -0.3 is 11.1 Å². The highest BCUT2D eigenvalue weighted by Gasteiger charge is 2.07. The van der Waals surface area contributed by atoms with Crippen LogP contribution in [-0.2, 0) is 6.54 Å². The van der Waals surface area contributed by atoms with Gasteiger partial charge in [-0.25, -0.2) is 0 Å². The zero-order valence-corrected chi connectivity index (χ0v) is 13.8. The van der Waals surface area contributed by atoms with Gasteiger partial charge in [-0.3, -0.25) is 4.79 Å². The van der Waals surface area contributed by atoms with Crippen LogP contribution in [0.5, 0.6) is 0 Å². The van der Waals surface area contributed by atoms with Gasteiger partial charge in [0.15, 0.2) is 0 Å². The zero-order valence-electron chi connectivity index (χ0n) is 12.2. The highest BCUT2D eigenvalue weighted by atomic mass is 79.9. The normalized spacial score (nSPS) is 12.1. The standard InChI is InChI=1S/C17H19BrN2O/c1-11-9-14(17(19)21)3-4-15(11)10-20-12(2)13-5-7-16(18)8-6-13/h3-9,12,20H,10H2,1-2H3,(H2,19,21)/t12-/m1/s1. The van der Waals surface area contributed by atoms with Crippen molar-refractivity contribution in [2.45, 2.75) is 26.4 Å². The van der Waals surface area contributed by atoms with Crippen molar-refractivity contribution in [1.82, 2.24) is 5.32 Å². The molecule has 0 saturated carbocycles. The minimum Gasteiger partial charge on any atom is -0.366 e. The lowest BCUT2D eigenvalue weighted by Crippen LogP contribution is -2.19. The number of aryl methyl sites for hydroxylation is 1. The Bertz CT molecular complexity index is 638.